The lowest BCUT2D eigenvalue weighted by atomic mass is 9.69. The number of fused-ring (bicyclic) bond motifs is 1. The Morgan fingerprint density at radius 2 is 1.84 bits per heavy atom. The zero-order chi connectivity index (χ0) is 27.6. The molecule has 6 heteroatoms. The second kappa shape index (κ2) is 11.1. The van der Waals surface area contributed by atoms with Gasteiger partial charge in [-0.2, -0.15) is 0 Å². The molecule has 38 heavy (non-hydrogen) atoms. The molecule has 0 amide bonds. The highest BCUT2D eigenvalue weighted by Crippen LogP contribution is 2.45. The maximum absolute atomic E-state index is 12.6. The van der Waals surface area contributed by atoms with Crippen molar-refractivity contribution in [2.24, 2.45) is 5.41 Å². The first-order valence-electron chi connectivity index (χ1n) is 13.5. The number of likely N-dealkylation sites (N-methyl/N-ethyl adjacent to an activating group) is 1. The van der Waals surface area contributed by atoms with Gasteiger partial charge in [-0.3, -0.25) is 9.69 Å². The Kier molecular flexibility index (Phi) is 8.02. The second-order valence-electron chi connectivity index (χ2n) is 11.1. The van der Waals surface area contributed by atoms with E-state index in [4.69, 9.17) is 5.73 Å². The van der Waals surface area contributed by atoms with Crippen LogP contribution in [-0.4, -0.2) is 42.7 Å². The number of carboxylic acids is 1. The summed E-state index contributed by atoms with van der Waals surface area (Å²) in [6.07, 6.45) is 0. The number of nitrogens with zero attached hydrogens (tertiary/aromatic N) is 2. The Bertz CT molecular complexity index is 1320. The van der Waals surface area contributed by atoms with Crippen LogP contribution in [0.3, 0.4) is 0 Å². The molecular formula is C32H42N4O2. The molecule has 0 bridgehead atoms. The molecular weight excluding hydrogens is 472 g/mol. The normalized spacial score (nSPS) is 15.1. The van der Waals surface area contributed by atoms with Crippen LogP contribution >= 0.6 is 0 Å². The van der Waals surface area contributed by atoms with Crippen molar-refractivity contribution >= 4 is 23.0 Å². The maximum atomic E-state index is 12.6. The molecule has 6 nitrogen and oxygen atoms in total. The van der Waals surface area contributed by atoms with Crippen molar-refractivity contribution in [3.63, 3.8) is 0 Å². The zero-order valence-electron chi connectivity index (χ0n) is 23.6. The number of anilines is 3. The van der Waals surface area contributed by atoms with Crippen molar-refractivity contribution in [2.75, 3.05) is 42.6 Å². The molecule has 0 fully saturated rings. The number of rotatable bonds is 8. The molecule has 1 aliphatic rings. The molecule has 4 rings (SSSR count). The highest BCUT2D eigenvalue weighted by molar-refractivity contribution is 5.78. The Morgan fingerprint density at radius 1 is 1.11 bits per heavy atom. The quantitative estimate of drug-likeness (QED) is 0.319. The predicted molar refractivity (Wildman–Crippen MR) is 158 cm³/mol. The Morgan fingerprint density at radius 3 is 2.53 bits per heavy atom. The number of nitrogen functional groups attached to an aromatic ring is 1. The van der Waals surface area contributed by atoms with Gasteiger partial charge in [-0.05, 0) is 80.1 Å². The van der Waals surface area contributed by atoms with Gasteiger partial charge in [0.25, 0.3) is 0 Å². The number of hydrogen-bond acceptors (Lipinski definition) is 5. The van der Waals surface area contributed by atoms with Gasteiger partial charge >= 0.3 is 5.97 Å². The maximum Gasteiger partial charge on any atom is 0.310 e. The van der Waals surface area contributed by atoms with Crippen molar-refractivity contribution < 1.29 is 9.90 Å². The number of aryl methyl sites for hydroxylation is 1. The van der Waals surface area contributed by atoms with Crippen molar-refractivity contribution in [1.29, 1.82) is 0 Å². The lowest BCUT2D eigenvalue weighted by molar-refractivity contribution is -0.147. The zero-order valence-corrected chi connectivity index (χ0v) is 23.6. The number of benzene rings is 3. The molecule has 0 aromatic heterocycles. The molecule has 202 valence electrons. The third-order valence-electron chi connectivity index (χ3n) is 8.30. The highest BCUT2D eigenvalue weighted by Gasteiger charge is 2.40. The van der Waals surface area contributed by atoms with E-state index in [-0.39, 0.29) is 5.92 Å². The van der Waals surface area contributed by atoms with Gasteiger partial charge in [0, 0.05) is 51.4 Å². The summed E-state index contributed by atoms with van der Waals surface area (Å²) in [6.45, 7) is 14.6. The second-order valence-corrected chi connectivity index (χ2v) is 11.1. The molecule has 4 N–H and O–H groups in total. The van der Waals surface area contributed by atoms with Crippen LogP contribution in [0.15, 0.2) is 54.6 Å². The topological polar surface area (TPSA) is 81.8 Å². The SMILES string of the molecule is CCN1CCN(Cc2cc(C(c3ccc(NC)c(N)c3C)C(C)(C)C(=O)O)ccc2C)Cc2ccccc21. The standard InChI is InChI=1S/C32H42N4O2/c1-7-36-17-16-35(19-24-10-8-9-11-28(24)36)20-25-18-23(13-12-21(25)2)29(32(4,5)31(37)38)26-14-15-27(34-6)30(33)22(26)3/h8-15,18,29,34H,7,16-17,19-20,33H2,1-6H3,(H,37,38). The van der Waals surface area contributed by atoms with E-state index in [1.165, 1.54) is 22.4 Å². The summed E-state index contributed by atoms with van der Waals surface area (Å²) in [5, 5.41) is 13.4. The van der Waals surface area contributed by atoms with Crippen LogP contribution in [0.2, 0.25) is 0 Å². The van der Waals surface area contributed by atoms with Crippen molar-refractivity contribution in [1.82, 2.24) is 4.90 Å². The molecule has 3 aromatic rings. The predicted octanol–water partition coefficient (Wildman–Crippen LogP) is 6.01. The third-order valence-corrected chi connectivity index (χ3v) is 8.30. The molecule has 3 aromatic carbocycles. The summed E-state index contributed by atoms with van der Waals surface area (Å²) in [4.78, 5) is 17.5. The van der Waals surface area contributed by atoms with E-state index in [1.54, 1.807) is 0 Å². The molecule has 1 heterocycles. The summed E-state index contributed by atoms with van der Waals surface area (Å²) in [5.74, 6) is -1.18. The number of carbonyl (C=O) groups is 1. The third kappa shape index (κ3) is 5.23. The van der Waals surface area contributed by atoms with Gasteiger partial charge in [0.15, 0.2) is 0 Å². The van der Waals surface area contributed by atoms with E-state index < -0.39 is 11.4 Å². The number of para-hydroxylation sites is 1. The fraction of sp³-hybridized carbons (Fsp3) is 0.406. The lowest BCUT2D eigenvalue weighted by Crippen LogP contribution is -2.33. The first kappa shape index (κ1) is 27.5. The number of aliphatic carboxylic acids is 1. The van der Waals surface area contributed by atoms with E-state index in [9.17, 15) is 9.90 Å². The Hall–Kier alpha value is -3.51. The minimum Gasteiger partial charge on any atom is -0.481 e. The van der Waals surface area contributed by atoms with Gasteiger partial charge in [-0.1, -0.05) is 42.5 Å². The Labute approximate surface area is 227 Å². The average molecular weight is 515 g/mol. The molecule has 1 unspecified atom stereocenters. The summed E-state index contributed by atoms with van der Waals surface area (Å²) < 4.78 is 0. The van der Waals surface area contributed by atoms with Crippen LogP contribution in [0, 0.1) is 19.3 Å². The van der Waals surface area contributed by atoms with Crippen LogP contribution in [0.25, 0.3) is 0 Å². The molecule has 0 saturated carbocycles. The molecule has 0 spiro atoms. The first-order valence-corrected chi connectivity index (χ1v) is 13.5. The van der Waals surface area contributed by atoms with Crippen molar-refractivity contribution in [3.8, 4) is 0 Å². The van der Waals surface area contributed by atoms with E-state index in [0.717, 1.165) is 55.1 Å². The van der Waals surface area contributed by atoms with Crippen LogP contribution in [0.1, 0.15) is 60.1 Å². The van der Waals surface area contributed by atoms with E-state index in [0.29, 0.717) is 5.69 Å². The van der Waals surface area contributed by atoms with Crippen LogP contribution in [-0.2, 0) is 17.9 Å². The summed E-state index contributed by atoms with van der Waals surface area (Å²) >= 11 is 0. The molecule has 1 aliphatic heterocycles. The molecule has 0 aliphatic carbocycles. The average Bonchev–Trinajstić information content (AvgIpc) is 3.07. The van der Waals surface area contributed by atoms with Crippen molar-refractivity contribution in [3.05, 3.63) is 88.0 Å². The fourth-order valence-electron chi connectivity index (χ4n) is 5.79. The van der Waals surface area contributed by atoms with Gasteiger partial charge in [-0.15, -0.1) is 0 Å². The number of nitrogens with one attached hydrogen (secondary N) is 1. The van der Waals surface area contributed by atoms with E-state index in [1.807, 2.05) is 40.0 Å². The molecule has 1 atom stereocenters. The summed E-state index contributed by atoms with van der Waals surface area (Å²) in [6, 6.07) is 19.1. The molecule has 0 saturated heterocycles. The van der Waals surface area contributed by atoms with Crippen LogP contribution in [0.4, 0.5) is 17.1 Å². The van der Waals surface area contributed by atoms with Gasteiger partial charge in [0.1, 0.15) is 0 Å². The summed E-state index contributed by atoms with van der Waals surface area (Å²) in [7, 11) is 1.84. The number of carboxylic acid groups (broad SMARTS) is 1. The van der Waals surface area contributed by atoms with Crippen molar-refractivity contribution in [2.45, 2.75) is 53.6 Å². The highest BCUT2D eigenvalue weighted by atomic mass is 16.4. The number of nitrogens with two attached hydrogens (primary N) is 1. The smallest absolute Gasteiger partial charge is 0.310 e. The monoisotopic (exact) mass is 514 g/mol. The summed E-state index contributed by atoms with van der Waals surface area (Å²) in [5.41, 5.74) is 14.9. The minimum atomic E-state index is -1.03. The first-order chi connectivity index (χ1) is 18.1. The Balaban J connectivity index is 1.74. The van der Waals surface area contributed by atoms with Crippen LogP contribution < -0.4 is 16.0 Å². The van der Waals surface area contributed by atoms with Gasteiger partial charge in [0.2, 0.25) is 0 Å². The van der Waals surface area contributed by atoms with Crippen LogP contribution in [0.5, 0.6) is 0 Å². The van der Waals surface area contributed by atoms with Gasteiger partial charge < -0.3 is 21.1 Å². The van der Waals surface area contributed by atoms with E-state index >= 15 is 0 Å². The minimum absolute atomic E-state index is 0.354. The van der Waals surface area contributed by atoms with Gasteiger partial charge in [0.05, 0.1) is 16.8 Å². The fourth-order valence-corrected chi connectivity index (χ4v) is 5.79. The molecule has 0 radical (unpaired) electrons. The largest absolute Gasteiger partial charge is 0.481 e. The van der Waals surface area contributed by atoms with E-state index in [2.05, 4.69) is 71.4 Å². The number of hydrogen-bond donors (Lipinski definition) is 3. The lowest BCUT2D eigenvalue weighted by Gasteiger charge is -2.34. The van der Waals surface area contributed by atoms with Gasteiger partial charge in [-0.25, -0.2) is 0 Å².